The van der Waals surface area contributed by atoms with Crippen LogP contribution in [0.4, 0.5) is 11.4 Å². The number of fused-ring (bicyclic) bond motifs is 1. The Morgan fingerprint density at radius 2 is 2.12 bits per heavy atom. The van der Waals surface area contributed by atoms with E-state index < -0.39 is 0 Å². The lowest BCUT2D eigenvalue weighted by Crippen LogP contribution is -2.28. The summed E-state index contributed by atoms with van der Waals surface area (Å²) >= 11 is 0. The Bertz CT molecular complexity index is 384. The fourth-order valence-corrected chi connectivity index (χ4v) is 2.77. The first kappa shape index (κ1) is 10.9. The van der Waals surface area contributed by atoms with E-state index in [2.05, 4.69) is 28.4 Å². The highest BCUT2D eigenvalue weighted by Crippen LogP contribution is 2.31. The first-order valence-corrected chi connectivity index (χ1v) is 6.63. The fraction of sp³-hybridized carbons (Fsp3) is 0.571. The third-order valence-electron chi connectivity index (χ3n) is 3.63. The third kappa shape index (κ3) is 2.25. The minimum Gasteiger partial charge on any atom is -0.385 e. The lowest BCUT2D eigenvalue weighted by Gasteiger charge is -2.28. The van der Waals surface area contributed by atoms with Crippen LogP contribution in [0.25, 0.3) is 0 Å². The molecule has 0 aliphatic carbocycles. The normalized spacial score (nSPS) is 20.4. The summed E-state index contributed by atoms with van der Waals surface area (Å²) in [7, 11) is 0. The molecule has 0 aromatic heterocycles. The number of hydrogen-bond acceptors (Lipinski definition) is 3. The van der Waals surface area contributed by atoms with Crippen molar-refractivity contribution in [2.75, 3.05) is 43.1 Å². The molecule has 1 saturated heterocycles. The maximum absolute atomic E-state index is 5.53. The second kappa shape index (κ2) is 4.96. The molecule has 3 rings (SSSR count). The van der Waals surface area contributed by atoms with Crippen LogP contribution in [0.5, 0.6) is 0 Å². The van der Waals surface area contributed by atoms with Crippen molar-refractivity contribution in [3.8, 4) is 0 Å². The summed E-state index contributed by atoms with van der Waals surface area (Å²) in [6, 6.07) is 6.63. The van der Waals surface area contributed by atoms with Gasteiger partial charge in [-0.3, -0.25) is 0 Å². The van der Waals surface area contributed by atoms with Crippen LogP contribution in [0.2, 0.25) is 0 Å². The fourth-order valence-electron chi connectivity index (χ4n) is 2.77. The maximum Gasteiger partial charge on any atom is 0.0641 e. The highest BCUT2D eigenvalue weighted by molar-refractivity contribution is 5.67. The van der Waals surface area contributed by atoms with Crippen molar-refractivity contribution in [1.82, 2.24) is 0 Å². The highest BCUT2D eigenvalue weighted by atomic mass is 16.5. The molecule has 0 radical (unpaired) electrons. The van der Waals surface area contributed by atoms with Gasteiger partial charge in [0.05, 0.1) is 6.61 Å². The van der Waals surface area contributed by atoms with Crippen LogP contribution in [-0.4, -0.2) is 32.8 Å². The Hall–Kier alpha value is -1.22. The van der Waals surface area contributed by atoms with Crippen molar-refractivity contribution in [2.24, 2.45) is 0 Å². The molecule has 0 unspecified atom stereocenters. The average Bonchev–Trinajstić information content (AvgIpc) is 2.67. The van der Waals surface area contributed by atoms with Crippen molar-refractivity contribution in [3.63, 3.8) is 0 Å². The van der Waals surface area contributed by atoms with Crippen molar-refractivity contribution >= 4 is 11.4 Å². The van der Waals surface area contributed by atoms with Gasteiger partial charge in [0.15, 0.2) is 0 Å². The van der Waals surface area contributed by atoms with E-state index in [0.29, 0.717) is 0 Å². The third-order valence-corrected chi connectivity index (χ3v) is 3.63. The zero-order chi connectivity index (χ0) is 11.5. The van der Waals surface area contributed by atoms with E-state index in [9.17, 15) is 0 Å². The summed E-state index contributed by atoms with van der Waals surface area (Å²) in [6.07, 6.45) is 3.58. The Balaban J connectivity index is 1.90. The molecule has 0 bridgehead atoms. The second-order valence-electron chi connectivity index (χ2n) is 4.79. The number of hydrogen-bond donors (Lipinski definition) is 1. The zero-order valence-corrected chi connectivity index (χ0v) is 10.2. The maximum atomic E-state index is 5.53. The van der Waals surface area contributed by atoms with Gasteiger partial charge in [-0.05, 0) is 37.0 Å². The molecule has 17 heavy (non-hydrogen) atoms. The number of benzene rings is 1. The SMILES string of the molecule is c1cc2c(c(N3CCCOCC3)c1)CCCN2. The molecule has 3 heteroatoms. The standard InChI is InChI=1S/C14H20N2O/c1-5-13-12(4-2-7-15-13)14(6-1)16-8-3-10-17-11-9-16/h1,5-6,15H,2-4,7-11H2. The lowest BCUT2D eigenvalue weighted by atomic mass is 10.0. The molecule has 1 aromatic rings. The number of nitrogens with one attached hydrogen (secondary N) is 1. The Kier molecular flexibility index (Phi) is 3.18. The van der Waals surface area contributed by atoms with E-state index in [1.165, 1.54) is 29.8 Å². The van der Waals surface area contributed by atoms with E-state index in [-0.39, 0.29) is 0 Å². The van der Waals surface area contributed by atoms with E-state index in [4.69, 9.17) is 4.74 Å². The number of rotatable bonds is 1. The summed E-state index contributed by atoms with van der Waals surface area (Å²) < 4.78 is 5.53. The largest absolute Gasteiger partial charge is 0.385 e. The van der Waals surface area contributed by atoms with Crippen molar-refractivity contribution in [1.29, 1.82) is 0 Å². The van der Waals surface area contributed by atoms with Gasteiger partial charge in [-0.1, -0.05) is 6.07 Å². The van der Waals surface area contributed by atoms with Crippen LogP contribution >= 0.6 is 0 Å². The molecule has 2 aliphatic rings. The van der Waals surface area contributed by atoms with Crippen molar-refractivity contribution < 1.29 is 4.74 Å². The van der Waals surface area contributed by atoms with E-state index in [1.807, 2.05) is 0 Å². The van der Waals surface area contributed by atoms with Crippen LogP contribution in [0.1, 0.15) is 18.4 Å². The second-order valence-corrected chi connectivity index (χ2v) is 4.79. The molecule has 1 fully saturated rings. The molecule has 3 nitrogen and oxygen atoms in total. The minimum atomic E-state index is 0.858. The van der Waals surface area contributed by atoms with E-state index in [0.717, 1.165) is 39.3 Å². The summed E-state index contributed by atoms with van der Waals surface area (Å²) in [5.41, 5.74) is 4.25. The summed E-state index contributed by atoms with van der Waals surface area (Å²) in [4.78, 5) is 2.48. The van der Waals surface area contributed by atoms with Crippen LogP contribution in [0.3, 0.4) is 0 Å². The zero-order valence-electron chi connectivity index (χ0n) is 10.2. The van der Waals surface area contributed by atoms with E-state index >= 15 is 0 Å². The summed E-state index contributed by atoms with van der Waals surface area (Å²) in [5, 5.41) is 3.50. The van der Waals surface area contributed by atoms with E-state index in [1.54, 1.807) is 0 Å². The first-order valence-electron chi connectivity index (χ1n) is 6.63. The first-order chi connectivity index (χ1) is 8.45. The van der Waals surface area contributed by atoms with Gasteiger partial charge < -0.3 is 15.0 Å². The molecule has 92 valence electrons. The molecular weight excluding hydrogens is 212 g/mol. The number of nitrogens with zero attached hydrogens (tertiary/aromatic N) is 1. The van der Waals surface area contributed by atoms with Gasteiger partial charge in [-0.2, -0.15) is 0 Å². The monoisotopic (exact) mass is 232 g/mol. The molecule has 0 amide bonds. The summed E-state index contributed by atoms with van der Waals surface area (Å²) in [6.45, 7) is 5.02. The quantitative estimate of drug-likeness (QED) is 0.804. The predicted molar refractivity (Wildman–Crippen MR) is 70.9 cm³/mol. The van der Waals surface area contributed by atoms with Gasteiger partial charge in [0.2, 0.25) is 0 Å². The molecule has 0 atom stereocenters. The topological polar surface area (TPSA) is 24.5 Å². The lowest BCUT2D eigenvalue weighted by molar-refractivity contribution is 0.152. The smallest absolute Gasteiger partial charge is 0.0641 e. The van der Waals surface area contributed by atoms with Crippen LogP contribution in [-0.2, 0) is 11.2 Å². The summed E-state index contributed by atoms with van der Waals surface area (Å²) in [5.74, 6) is 0. The number of ether oxygens (including phenoxy) is 1. The van der Waals surface area contributed by atoms with Crippen LogP contribution in [0, 0.1) is 0 Å². The molecular formula is C14H20N2O. The van der Waals surface area contributed by atoms with Crippen LogP contribution < -0.4 is 10.2 Å². The Morgan fingerprint density at radius 1 is 1.12 bits per heavy atom. The molecule has 1 aromatic carbocycles. The van der Waals surface area contributed by atoms with Gasteiger partial charge in [0.1, 0.15) is 0 Å². The molecule has 2 heterocycles. The molecule has 2 aliphatic heterocycles. The van der Waals surface area contributed by atoms with Crippen molar-refractivity contribution in [3.05, 3.63) is 23.8 Å². The van der Waals surface area contributed by atoms with Gasteiger partial charge in [-0.25, -0.2) is 0 Å². The Morgan fingerprint density at radius 3 is 3.12 bits per heavy atom. The average molecular weight is 232 g/mol. The Labute approximate surface area is 103 Å². The molecule has 0 spiro atoms. The molecule has 0 saturated carbocycles. The van der Waals surface area contributed by atoms with Crippen molar-refractivity contribution in [2.45, 2.75) is 19.3 Å². The van der Waals surface area contributed by atoms with Gasteiger partial charge in [-0.15, -0.1) is 0 Å². The minimum absolute atomic E-state index is 0.858. The number of anilines is 2. The van der Waals surface area contributed by atoms with Crippen LogP contribution in [0.15, 0.2) is 18.2 Å². The predicted octanol–water partition coefficient (Wildman–Crippen LogP) is 2.27. The molecule has 1 N–H and O–H groups in total. The van der Waals surface area contributed by atoms with Gasteiger partial charge in [0.25, 0.3) is 0 Å². The highest BCUT2D eigenvalue weighted by Gasteiger charge is 2.17. The van der Waals surface area contributed by atoms with Gasteiger partial charge >= 0.3 is 0 Å². The van der Waals surface area contributed by atoms with Gasteiger partial charge in [0, 0.05) is 37.6 Å².